The van der Waals surface area contributed by atoms with Gasteiger partial charge >= 0.3 is 0 Å². The third kappa shape index (κ3) is 2.32. The number of carbonyl (C=O) groups excluding carboxylic acids is 2. The van der Waals surface area contributed by atoms with Gasteiger partial charge in [-0.2, -0.15) is 0 Å². The smallest absolute Gasteiger partial charge is 0.198 e. The summed E-state index contributed by atoms with van der Waals surface area (Å²) in [6.45, 7) is 1.88. The number of ketones is 2. The molecule has 1 atom stereocenters. The van der Waals surface area contributed by atoms with Gasteiger partial charge in [-0.3, -0.25) is 9.59 Å². The number of rotatable bonds is 4. The highest BCUT2D eigenvalue weighted by atomic mass is 16.5. The number of ether oxygens (including phenoxy) is 1. The van der Waals surface area contributed by atoms with Crippen molar-refractivity contribution < 1.29 is 24.5 Å². The third-order valence-electron chi connectivity index (χ3n) is 4.12. The van der Waals surface area contributed by atoms with E-state index in [4.69, 9.17) is 4.74 Å². The van der Waals surface area contributed by atoms with Crippen LogP contribution in [0.25, 0.3) is 0 Å². The van der Waals surface area contributed by atoms with Crippen molar-refractivity contribution in [3.05, 3.63) is 52.6 Å². The van der Waals surface area contributed by atoms with Gasteiger partial charge in [-0.25, -0.2) is 0 Å². The molecule has 3 rings (SSSR count). The second-order valence-electron chi connectivity index (χ2n) is 5.52. The Morgan fingerprint density at radius 2 is 1.67 bits per heavy atom. The maximum Gasteiger partial charge on any atom is 0.198 e. The van der Waals surface area contributed by atoms with Crippen molar-refractivity contribution in [3.8, 4) is 11.5 Å². The number of methoxy groups -OCH3 is 1. The molecule has 1 aliphatic rings. The number of benzene rings is 2. The van der Waals surface area contributed by atoms with Crippen LogP contribution in [0.4, 0.5) is 5.69 Å². The van der Waals surface area contributed by atoms with Crippen molar-refractivity contribution in [2.45, 2.75) is 19.6 Å². The lowest BCUT2D eigenvalue weighted by Crippen LogP contribution is -2.24. The van der Waals surface area contributed by atoms with Gasteiger partial charge in [0.2, 0.25) is 0 Å². The number of aromatic hydroxyl groups is 2. The van der Waals surface area contributed by atoms with Crippen LogP contribution in [0.15, 0.2) is 30.3 Å². The molecule has 0 heterocycles. The van der Waals surface area contributed by atoms with E-state index in [1.165, 1.54) is 25.3 Å². The molecule has 0 amide bonds. The Kier molecular flexibility index (Phi) is 3.99. The van der Waals surface area contributed by atoms with E-state index in [0.29, 0.717) is 6.42 Å². The van der Waals surface area contributed by atoms with Crippen LogP contribution in [0.3, 0.4) is 0 Å². The fraction of sp³-hybridized carbons (Fsp3) is 0.222. The topological polar surface area (TPSA) is 95.9 Å². The molecule has 1 aliphatic carbocycles. The van der Waals surface area contributed by atoms with Gasteiger partial charge in [0.1, 0.15) is 12.0 Å². The Balaban J connectivity index is 2.19. The van der Waals surface area contributed by atoms with Crippen LogP contribution < -0.4 is 5.32 Å². The first kappa shape index (κ1) is 16.0. The van der Waals surface area contributed by atoms with Crippen LogP contribution in [0, 0.1) is 0 Å². The van der Waals surface area contributed by atoms with Crippen molar-refractivity contribution in [1.82, 2.24) is 0 Å². The summed E-state index contributed by atoms with van der Waals surface area (Å²) in [7, 11) is 1.50. The molecule has 2 aromatic rings. The molecular formula is C18H17NO5. The zero-order chi connectivity index (χ0) is 17.4. The predicted octanol–water partition coefficient (Wildman–Crippen LogP) is 2.67. The summed E-state index contributed by atoms with van der Waals surface area (Å²) in [4.78, 5) is 25.3. The Morgan fingerprint density at radius 3 is 2.21 bits per heavy atom. The zero-order valence-corrected chi connectivity index (χ0v) is 13.3. The minimum atomic E-state index is -0.498. The number of anilines is 1. The summed E-state index contributed by atoms with van der Waals surface area (Å²) < 4.78 is 5.19. The first-order valence-corrected chi connectivity index (χ1v) is 7.56. The number of phenolic OH excluding ortho intramolecular Hbond substituents is 2. The summed E-state index contributed by atoms with van der Waals surface area (Å²) in [6.07, 6.45) is 0.193. The molecule has 2 aromatic carbocycles. The highest BCUT2D eigenvalue weighted by Crippen LogP contribution is 2.42. The van der Waals surface area contributed by atoms with Crippen molar-refractivity contribution in [2.75, 3.05) is 12.4 Å². The van der Waals surface area contributed by atoms with Crippen molar-refractivity contribution in [2.24, 2.45) is 0 Å². The lowest BCUT2D eigenvalue weighted by molar-refractivity contribution is 0.0974. The van der Waals surface area contributed by atoms with Crippen molar-refractivity contribution >= 4 is 17.3 Å². The quantitative estimate of drug-likeness (QED) is 0.387. The van der Waals surface area contributed by atoms with E-state index in [-0.39, 0.29) is 39.4 Å². The average molecular weight is 327 g/mol. The predicted molar refractivity (Wildman–Crippen MR) is 87.8 cm³/mol. The molecule has 6 heteroatoms. The molecule has 0 saturated carbocycles. The maximum absolute atomic E-state index is 12.7. The molecule has 0 radical (unpaired) electrons. The Hall–Kier alpha value is -2.86. The van der Waals surface area contributed by atoms with E-state index >= 15 is 0 Å². The van der Waals surface area contributed by atoms with Crippen LogP contribution in [0.2, 0.25) is 0 Å². The average Bonchev–Trinajstić information content (AvgIpc) is 2.60. The van der Waals surface area contributed by atoms with E-state index in [1.807, 2.05) is 6.92 Å². The molecule has 0 aliphatic heterocycles. The molecule has 24 heavy (non-hydrogen) atoms. The second kappa shape index (κ2) is 5.98. The van der Waals surface area contributed by atoms with Gasteiger partial charge in [-0.1, -0.05) is 31.2 Å². The minimum absolute atomic E-state index is 0.139. The molecule has 3 N–H and O–H groups in total. The van der Waals surface area contributed by atoms with Crippen LogP contribution in [-0.4, -0.2) is 35.1 Å². The van der Waals surface area contributed by atoms with Crippen LogP contribution in [0.1, 0.15) is 45.2 Å². The summed E-state index contributed by atoms with van der Waals surface area (Å²) in [6, 6.07) is 7.57. The zero-order valence-electron chi connectivity index (χ0n) is 13.3. The summed E-state index contributed by atoms with van der Waals surface area (Å²) >= 11 is 0. The molecular weight excluding hydrogens is 310 g/mol. The Bertz CT molecular complexity index is 840. The van der Waals surface area contributed by atoms with Gasteiger partial charge in [-0.05, 0) is 6.42 Å². The van der Waals surface area contributed by atoms with E-state index in [2.05, 4.69) is 5.32 Å². The molecule has 1 unspecified atom stereocenters. The number of hydrogen-bond acceptors (Lipinski definition) is 6. The molecule has 0 saturated heterocycles. The lowest BCUT2D eigenvalue weighted by atomic mass is 9.82. The fourth-order valence-electron chi connectivity index (χ4n) is 2.87. The normalized spacial score (nSPS) is 14.1. The first-order chi connectivity index (χ1) is 11.5. The van der Waals surface area contributed by atoms with Gasteiger partial charge in [-0.15, -0.1) is 0 Å². The number of nitrogens with one attached hydrogen (secondary N) is 1. The maximum atomic E-state index is 12.7. The standard InChI is InChI=1S/C18H17NO5/c1-3-13(24-2)19-11-8-12(20)14-15(18(11)23)17(22)10-7-5-4-6-9(10)16(14)21/h4-8,13,19-20,23H,3H2,1-2H3. The van der Waals surface area contributed by atoms with Crippen LogP contribution in [-0.2, 0) is 4.74 Å². The summed E-state index contributed by atoms with van der Waals surface area (Å²) in [5, 5.41) is 23.7. The fourth-order valence-corrected chi connectivity index (χ4v) is 2.87. The van der Waals surface area contributed by atoms with Crippen LogP contribution in [0.5, 0.6) is 11.5 Å². The Morgan fingerprint density at radius 1 is 1.08 bits per heavy atom. The molecule has 124 valence electrons. The number of phenols is 2. The van der Waals surface area contributed by atoms with E-state index in [1.54, 1.807) is 12.1 Å². The van der Waals surface area contributed by atoms with Crippen molar-refractivity contribution in [1.29, 1.82) is 0 Å². The largest absolute Gasteiger partial charge is 0.507 e. The van der Waals surface area contributed by atoms with E-state index in [9.17, 15) is 19.8 Å². The second-order valence-corrected chi connectivity index (χ2v) is 5.52. The molecule has 0 spiro atoms. The lowest BCUT2D eigenvalue weighted by Gasteiger charge is -2.23. The van der Waals surface area contributed by atoms with Gasteiger partial charge < -0.3 is 20.3 Å². The Labute approximate surface area is 138 Å². The van der Waals surface area contributed by atoms with Gasteiger partial charge in [0.05, 0.1) is 16.8 Å². The number of fused-ring (bicyclic) bond motifs is 2. The summed E-state index contributed by atoms with van der Waals surface area (Å²) in [5.74, 6) is -1.71. The highest BCUT2D eigenvalue weighted by molar-refractivity contribution is 6.30. The third-order valence-corrected chi connectivity index (χ3v) is 4.12. The molecule has 6 nitrogen and oxygen atoms in total. The highest BCUT2D eigenvalue weighted by Gasteiger charge is 2.35. The van der Waals surface area contributed by atoms with Gasteiger partial charge in [0, 0.05) is 24.3 Å². The van der Waals surface area contributed by atoms with Crippen molar-refractivity contribution in [3.63, 3.8) is 0 Å². The monoisotopic (exact) mass is 327 g/mol. The van der Waals surface area contributed by atoms with Crippen LogP contribution >= 0.6 is 0 Å². The minimum Gasteiger partial charge on any atom is -0.507 e. The number of hydrogen-bond donors (Lipinski definition) is 3. The molecule has 0 bridgehead atoms. The first-order valence-electron chi connectivity index (χ1n) is 7.56. The summed E-state index contributed by atoms with van der Waals surface area (Å²) in [5.41, 5.74) is 0.203. The number of carbonyl (C=O) groups is 2. The SMILES string of the molecule is CCC(Nc1cc(O)c2c(c1O)C(=O)c1ccccc1C2=O)OC. The van der Waals surface area contributed by atoms with E-state index in [0.717, 1.165) is 0 Å². The van der Waals surface area contributed by atoms with Gasteiger partial charge in [0.25, 0.3) is 0 Å². The van der Waals surface area contributed by atoms with Gasteiger partial charge in [0.15, 0.2) is 17.3 Å². The molecule has 0 aromatic heterocycles. The molecule has 0 fully saturated rings. The van der Waals surface area contributed by atoms with E-state index < -0.39 is 17.8 Å².